The van der Waals surface area contributed by atoms with Gasteiger partial charge in [0.15, 0.2) is 0 Å². The Balaban J connectivity index is 1.24. The molecule has 1 atom stereocenters. The molecule has 0 bridgehead atoms. The highest BCUT2D eigenvalue weighted by Gasteiger charge is 2.29. The van der Waals surface area contributed by atoms with Crippen LogP contribution in [-0.4, -0.2) is 22.3 Å². The number of rotatable bonds is 5. The summed E-state index contributed by atoms with van der Waals surface area (Å²) in [6.07, 6.45) is -0.585. The van der Waals surface area contributed by atoms with Crippen molar-refractivity contribution in [3.8, 4) is 16.8 Å². The molecule has 7 heteroatoms. The van der Waals surface area contributed by atoms with Gasteiger partial charge in [0.2, 0.25) is 0 Å². The van der Waals surface area contributed by atoms with E-state index in [1.54, 1.807) is 29.7 Å². The van der Waals surface area contributed by atoms with Crippen molar-refractivity contribution in [3.63, 3.8) is 0 Å². The van der Waals surface area contributed by atoms with Gasteiger partial charge in [-0.1, -0.05) is 48.5 Å². The first-order chi connectivity index (χ1) is 18.0. The maximum Gasteiger partial charge on any atom is 0.407 e. The summed E-state index contributed by atoms with van der Waals surface area (Å²) < 4.78 is 35.1. The van der Waals surface area contributed by atoms with Crippen LogP contribution >= 0.6 is 0 Å². The SMILES string of the molecule is CC(NC(=O)OCC1c2ccccc2-c2ccccc21)c1nc2ccc(F)cc2n1-c1ccc(F)cc1. The minimum Gasteiger partial charge on any atom is -0.449 e. The molecular formula is C30H23F2N3O2. The number of aromatic nitrogens is 2. The monoisotopic (exact) mass is 495 g/mol. The Morgan fingerprint density at radius 1 is 0.919 bits per heavy atom. The third kappa shape index (κ3) is 4.12. The van der Waals surface area contributed by atoms with Gasteiger partial charge >= 0.3 is 6.09 Å². The van der Waals surface area contributed by atoms with Gasteiger partial charge in [0.05, 0.1) is 17.1 Å². The second-order valence-corrected chi connectivity index (χ2v) is 9.11. The van der Waals surface area contributed by atoms with E-state index in [0.717, 1.165) is 22.3 Å². The number of hydrogen-bond acceptors (Lipinski definition) is 3. The van der Waals surface area contributed by atoms with E-state index in [1.807, 2.05) is 24.3 Å². The zero-order valence-electron chi connectivity index (χ0n) is 20.0. The maximum absolute atomic E-state index is 14.1. The fraction of sp³-hybridized carbons (Fsp3) is 0.133. The molecule has 4 aromatic carbocycles. The lowest BCUT2D eigenvalue weighted by molar-refractivity contribution is 0.139. The molecule has 37 heavy (non-hydrogen) atoms. The summed E-state index contributed by atoms with van der Waals surface area (Å²) in [5.41, 5.74) is 6.24. The Morgan fingerprint density at radius 3 is 2.22 bits per heavy atom. The molecule has 0 aliphatic heterocycles. The van der Waals surface area contributed by atoms with Crippen molar-refractivity contribution in [3.05, 3.63) is 120 Å². The molecule has 6 rings (SSSR count). The molecule has 0 radical (unpaired) electrons. The molecule has 1 heterocycles. The highest BCUT2D eigenvalue weighted by Crippen LogP contribution is 2.44. The minimum absolute atomic E-state index is 0.0554. The molecule has 0 saturated carbocycles. The molecule has 1 aliphatic carbocycles. The number of carbonyl (C=O) groups is 1. The normalized spacial score (nSPS) is 13.3. The Labute approximate surface area is 212 Å². The average Bonchev–Trinajstić information content (AvgIpc) is 3.44. The first-order valence-corrected chi connectivity index (χ1v) is 12.0. The van der Waals surface area contributed by atoms with Crippen LogP contribution < -0.4 is 5.32 Å². The molecule has 1 amide bonds. The van der Waals surface area contributed by atoms with Gasteiger partial charge in [-0.05, 0) is 65.6 Å². The number of hydrogen-bond donors (Lipinski definition) is 1. The second-order valence-electron chi connectivity index (χ2n) is 9.11. The summed E-state index contributed by atoms with van der Waals surface area (Å²) in [5, 5.41) is 2.85. The summed E-state index contributed by atoms with van der Waals surface area (Å²) in [5.74, 6) is -0.383. The van der Waals surface area contributed by atoms with Gasteiger partial charge in [-0.15, -0.1) is 0 Å². The summed E-state index contributed by atoms with van der Waals surface area (Å²) in [6.45, 7) is 1.96. The van der Waals surface area contributed by atoms with Crippen molar-refractivity contribution >= 4 is 17.1 Å². The van der Waals surface area contributed by atoms with E-state index in [9.17, 15) is 13.6 Å². The van der Waals surface area contributed by atoms with E-state index in [0.29, 0.717) is 22.5 Å². The van der Waals surface area contributed by atoms with Crippen molar-refractivity contribution in [2.24, 2.45) is 0 Å². The molecular weight excluding hydrogens is 472 g/mol. The molecule has 1 unspecified atom stereocenters. The molecule has 5 aromatic rings. The van der Waals surface area contributed by atoms with Crippen molar-refractivity contribution in [1.29, 1.82) is 0 Å². The van der Waals surface area contributed by atoms with Crippen LogP contribution in [0.15, 0.2) is 91.0 Å². The third-order valence-electron chi connectivity index (χ3n) is 6.79. The Morgan fingerprint density at radius 2 is 1.54 bits per heavy atom. The Hall–Kier alpha value is -4.52. The number of halogens is 2. The molecule has 0 spiro atoms. The number of alkyl carbamates (subject to hydrolysis) is 1. The van der Waals surface area contributed by atoms with Gasteiger partial charge in [-0.3, -0.25) is 4.57 Å². The van der Waals surface area contributed by atoms with Crippen LogP contribution in [0.25, 0.3) is 27.8 Å². The molecule has 0 saturated heterocycles. The molecule has 184 valence electrons. The van der Waals surface area contributed by atoms with Crippen LogP contribution in [0.3, 0.4) is 0 Å². The second kappa shape index (κ2) is 9.17. The highest BCUT2D eigenvalue weighted by molar-refractivity contribution is 5.80. The lowest BCUT2D eigenvalue weighted by Crippen LogP contribution is -2.30. The number of carbonyl (C=O) groups excluding carboxylic acids is 1. The van der Waals surface area contributed by atoms with Gasteiger partial charge in [-0.25, -0.2) is 18.6 Å². The van der Waals surface area contributed by atoms with Crippen LogP contribution in [0.1, 0.15) is 35.8 Å². The number of ether oxygens (including phenoxy) is 1. The molecule has 1 aliphatic rings. The van der Waals surface area contributed by atoms with Crippen LogP contribution in [0, 0.1) is 11.6 Å². The van der Waals surface area contributed by atoms with Gasteiger partial charge in [-0.2, -0.15) is 0 Å². The quantitative estimate of drug-likeness (QED) is 0.288. The Kier molecular flexibility index (Phi) is 5.68. The predicted octanol–water partition coefficient (Wildman–Crippen LogP) is 6.90. The van der Waals surface area contributed by atoms with Gasteiger partial charge in [0, 0.05) is 17.7 Å². The fourth-order valence-corrected chi connectivity index (χ4v) is 5.10. The van der Waals surface area contributed by atoms with E-state index < -0.39 is 18.0 Å². The van der Waals surface area contributed by atoms with Gasteiger partial charge < -0.3 is 10.1 Å². The molecule has 5 nitrogen and oxygen atoms in total. The van der Waals surface area contributed by atoms with Crippen molar-refractivity contribution in [2.45, 2.75) is 18.9 Å². The van der Waals surface area contributed by atoms with Crippen molar-refractivity contribution in [2.75, 3.05) is 6.61 Å². The summed E-state index contributed by atoms with van der Waals surface area (Å²) in [4.78, 5) is 17.5. The van der Waals surface area contributed by atoms with E-state index >= 15 is 0 Å². The van der Waals surface area contributed by atoms with Crippen LogP contribution in [0.2, 0.25) is 0 Å². The predicted molar refractivity (Wildman–Crippen MR) is 138 cm³/mol. The van der Waals surface area contributed by atoms with Gasteiger partial charge in [0.1, 0.15) is 24.1 Å². The molecule has 0 fully saturated rings. The smallest absolute Gasteiger partial charge is 0.407 e. The summed E-state index contributed by atoms with van der Waals surface area (Å²) in [6, 6.07) is 25.8. The largest absolute Gasteiger partial charge is 0.449 e. The number of nitrogens with one attached hydrogen (secondary N) is 1. The van der Waals surface area contributed by atoms with E-state index in [4.69, 9.17) is 4.74 Å². The average molecular weight is 496 g/mol. The lowest BCUT2D eigenvalue weighted by atomic mass is 9.98. The summed E-state index contributed by atoms with van der Waals surface area (Å²) >= 11 is 0. The van der Waals surface area contributed by atoms with Crippen molar-refractivity contribution in [1.82, 2.24) is 14.9 Å². The number of amides is 1. The first-order valence-electron chi connectivity index (χ1n) is 12.0. The van der Waals surface area contributed by atoms with E-state index in [2.05, 4.69) is 34.6 Å². The zero-order chi connectivity index (χ0) is 25.5. The van der Waals surface area contributed by atoms with E-state index in [1.165, 1.54) is 24.3 Å². The number of fused-ring (bicyclic) bond motifs is 4. The minimum atomic E-state index is -0.585. The highest BCUT2D eigenvalue weighted by atomic mass is 19.1. The number of nitrogens with zero attached hydrogens (tertiary/aromatic N) is 2. The zero-order valence-corrected chi connectivity index (χ0v) is 20.0. The van der Waals surface area contributed by atoms with Crippen LogP contribution in [0.4, 0.5) is 13.6 Å². The first kappa shape index (κ1) is 22.9. The molecule has 1 N–H and O–H groups in total. The summed E-state index contributed by atoms with van der Waals surface area (Å²) in [7, 11) is 0. The topological polar surface area (TPSA) is 56.1 Å². The van der Waals surface area contributed by atoms with Crippen LogP contribution in [0.5, 0.6) is 0 Å². The molecule has 1 aromatic heterocycles. The number of benzene rings is 4. The van der Waals surface area contributed by atoms with Gasteiger partial charge in [0.25, 0.3) is 0 Å². The Bertz CT molecular complexity index is 1580. The standard InChI is InChI=1S/C30H23F2N3O2/c1-18(29-34-27-15-12-20(32)16-28(27)35(29)21-13-10-19(31)11-14-21)33-30(36)37-17-26-24-8-4-2-6-22(24)23-7-3-5-9-25(23)26/h2-16,18,26H,17H2,1H3,(H,33,36). The number of imidazole rings is 1. The lowest BCUT2D eigenvalue weighted by Gasteiger charge is -2.18. The maximum atomic E-state index is 14.1. The van der Waals surface area contributed by atoms with E-state index in [-0.39, 0.29) is 18.3 Å². The van der Waals surface area contributed by atoms with Crippen LogP contribution in [-0.2, 0) is 4.74 Å². The van der Waals surface area contributed by atoms with Crippen molar-refractivity contribution < 1.29 is 18.3 Å². The fourth-order valence-electron chi connectivity index (χ4n) is 5.10. The third-order valence-corrected chi connectivity index (χ3v) is 6.79.